The Hall–Kier alpha value is -2.84. The lowest BCUT2D eigenvalue weighted by Gasteiger charge is -2.11. The Labute approximate surface area is 158 Å². The first kappa shape index (κ1) is 18.0. The molecule has 1 aromatic carbocycles. The van der Waals surface area contributed by atoms with Gasteiger partial charge in [0.15, 0.2) is 10.8 Å². The molecule has 0 unspecified atom stereocenters. The van der Waals surface area contributed by atoms with Crippen molar-refractivity contribution in [1.29, 1.82) is 0 Å². The molecule has 2 heterocycles. The van der Waals surface area contributed by atoms with Crippen molar-refractivity contribution in [1.82, 2.24) is 15.0 Å². The van der Waals surface area contributed by atoms with E-state index in [0.29, 0.717) is 37.8 Å². The molecule has 3 rings (SSSR count). The van der Waals surface area contributed by atoms with E-state index in [9.17, 15) is 9.59 Å². The first-order valence-corrected chi connectivity index (χ1v) is 8.77. The van der Waals surface area contributed by atoms with Crippen LogP contribution < -0.4 is 10.6 Å². The van der Waals surface area contributed by atoms with Crippen molar-refractivity contribution in [2.75, 3.05) is 10.6 Å². The van der Waals surface area contributed by atoms with Crippen LogP contribution in [0.15, 0.2) is 36.7 Å². The fraction of sp³-hybridized carbons (Fsp3) is 0.118. The maximum absolute atomic E-state index is 12.7. The Balaban J connectivity index is 1.88. The summed E-state index contributed by atoms with van der Waals surface area (Å²) in [6, 6.07) is 6.54. The Bertz CT molecular complexity index is 975. The molecule has 0 aliphatic heterocycles. The van der Waals surface area contributed by atoms with Gasteiger partial charge in [0.1, 0.15) is 4.88 Å². The molecule has 0 aliphatic carbocycles. The van der Waals surface area contributed by atoms with Gasteiger partial charge in [0.05, 0.1) is 17.1 Å². The van der Waals surface area contributed by atoms with Crippen LogP contribution >= 0.6 is 22.9 Å². The van der Waals surface area contributed by atoms with E-state index in [1.54, 1.807) is 43.6 Å². The maximum Gasteiger partial charge on any atom is 0.267 e. The highest BCUT2D eigenvalue weighted by Gasteiger charge is 2.19. The molecule has 9 heteroatoms. The van der Waals surface area contributed by atoms with Crippen molar-refractivity contribution in [2.45, 2.75) is 13.8 Å². The van der Waals surface area contributed by atoms with E-state index < -0.39 is 0 Å². The Morgan fingerprint density at radius 2 is 1.85 bits per heavy atom. The molecule has 2 amide bonds. The Kier molecular flexibility index (Phi) is 5.24. The number of nitrogens with one attached hydrogen (secondary N) is 2. The van der Waals surface area contributed by atoms with Gasteiger partial charge in [-0.15, -0.1) is 11.3 Å². The molecule has 3 aromatic rings. The second-order valence-electron chi connectivity index (χ2n) is 5.33. The van der Waals surface area contributed by atoms with Gasteiger partial charge in [-0.05, 0) is 31.2 Å². The van der Waals surface area contributed by atoms with Gasteiger partial charge < -0.3 is 10.6 Å². The molecule has 26 heavy (non-hydrogen) atoms. The average molecular weight is 388 g/mol. The minimum atomic E-state index is -0.351. The van der Waals surface area contributed by atoms with Gasteiger partial charge in [0, 0.05) is 24.3 Å². The number of benzene rings is 1. The van der Waals surface area contributed by atoms with Crippen LogP contribution in [0.5, 0.6) is 0 Å². The van der Waals surface area contributed by atoms with Crippen LogP contribution in [0.4, 0.5) is 11.4 Å². The molecule has 0 saturated carbocycles. The first-order valence-electron chi connectivity index (χ1n) is 7.57. The van der Waals surface area contributed by atoms with Crippen LogP contribution in [0.3, 0.4) is 0 Å². The van der Waals surface area contributed by atoms with E-state index >= 15 is 0 Å². The number of anilines is 2. The molecule has 132 valence electrons. The SMILES string of the molecule is CC(=O)Nc1ccc(Cl)cc1NC(=O)c1sc(-c2ncccn2)nc1C. The highest BCUT2D eigenvalue weighted by molar-refractivity contribution is 7.17. The van der Waals surface area contributed by atoms with E-state index in [-0.39, 0.29) is 11.8 Å². The van der Waals surface area contributed by atoms with Crippen LogP contribution in [-0.4, -0.2) is 26.8 Å². The predicted octanol–water partition coefficient (Wildman–Crippen LogP) is 3.77. The van der Waals surface area contributed by atoms with Crippen molar-refractivity contribution in [3.8, 4) is 10.8 Å². The molecule has 0 bridgehead atoms. The van der Waals surface area contributed by atoms with Crippen LogP contribution in [-0.2, 0) is 4.79 Å². The number of amides is 2. The fourth-order valence-corrected chi connectivity index (χ4v) is 3.29. The van der Waals surface area contributed by atoms with E-state index in [0.717, 1.165) is 0 Å². The van der Waals surface area contributed by atoms with Crippen molar-refractivity contribution < 1.29 is 9.59 Å². The number of aryl methyl sites for hydroxylation is 1. The summed E-state index contributed by atoms with van der Waals surface area (Å²) in [5.41, 5.74) is 1.44. The van der Waals surface area contributed by atoms with Gasteiger partial charge >= 0.3 is 0 Å². The van der Waals surface area contributed by atoms with E-state index in [4.69, 9.17) is 11.6 Å². The number of aromatic nitrogens is 3. The molecule has 0 aliphatic rings. The monoisotopic (exact) mass is 387 g/mol. The number of nitrogens with zero attached hydrogens (tertiary/aromatic N) is 3. The number of halogens is 1. The maximum atomic E-state index is 12.7. The molecule has 0 radical (unpaired) electrons. The summed E-state index contributed by atoms with van der Waals surface area (Å²) < 4.78 is 0. The molecule has 7 nitrogen and oxygen atoms in total. The van der Waals surface area contributed by atoms with Crippen molar-refractivity contribution in [3.63, 3.8) is 0 Å². The molecule has 2 aromatic heterocycles. The summed E-state index contributed by atoms with van der Waals surface area (Å²) in [6.45, 7) is 3.13. The molecule has 0 saturated heterocycles. The minimum absolute atomic E-state index is 0.250. The summed E-state index contributed by atoms with van der Waals surface area (Å²) in [5.74, 6) is -0.141. The normalized spacial score (nSPS) is 10.4. The average Bonchev–Trinajstić information content (AvgIpc) is 3.00. The smallest absolute Gasteiger partial charge is 0.267 e. The van der Waals surface area contributed by atoms with Crippen molar-refractivity contribution >= 4 is 46.1 Å². The molecule has 0 fully saturated rings. The zero-order valence-electron chi connectivity index (χ0n) is 13.9. The van der Waals surface area contributed by atoms with Crippen LogP contribution in [0.1, 0.15) is 22.3 Å². The lowest BCUT2D eigenvalue weighted by atomic mass is 10.2. The molecular formula is C17H14ClN5O2S. The van der Waals surface area contributed by atoms with E-state index in [2.05, 4.69) is 25.6 Å². The second-order valence-corrected chi connectivity index (χ2v) is 6.77. The second kappa shape index (κ2) is 7.59. The third-order valence-electron chi connectivity index (χ3n) is 3.30. The Morgan fingerprint density at radius 3 is 2.54 bits per heavy atom. The predicted molar refractivity (Wildman–Crippen MR) is 102 cm³/mol. The molecular weight excluding hydrogens is 374 g/mol. The van der Waals surface area contributed by atoms with Crippen LogP contribution in [0, 0.1) is 6.92 Å². The Morgan fingerprint density at radius 1 is 1.12 bits per heavy atom. The van der Waals surface area contributed by atoms with Crippen molar-refractivity contribution in [3.05, 3.63) is 52.3 Å². The van der Waals surface area contributed by atoms with Gasteiger partial charge in [0.25, 0.3) is 5.91 Å². The minimum Gasteiger partial charge on any atom is -0.325 e. The summed E-state index contributed by atoms with van der Waals surface area (Å²) >= 11 is 7.20. The van der Waals surface area contributed by atoms with Gasteiger partial charge in [0.2, 0.25) is 5.91 Å². The topological polar surface area (TPSA) is 96.9 Å². The number of hydrogen-bond donors (Lipinski definition) is 2. The summed E-state index contributed by atoms with van der Waals surface area (Å²) in [7, 11) is 0. The summed E-state index contributed by atoms with van der Waals surface area (Å²) in [5, 5.41) is 6.42. The van der Waals surface area contributed by atoms with Gasteiger partial charge in [-0.25, -0.2) is 15.0 Å². The van der Waals surface area contributed by atoms with Crippen LogP contribution in [0.2, 0.25) is 5.02 Å². The van der Waals surface area contributed by atoms with Crippen LogP contribution in [0.25, 0.3) is 10.8 Å². The standard InChI is InChI=1S/C17H14ClN5O2S/c1-9-14(26-17(21-9)15-19-6-3-7-20-15)16(25)23-13-8-11(18)4-5-12(13)22-10(2)24/h3-8H,1-2H3,(H,22,24)(H,23,25). The first-order chi connectivity index (χ1) is 12.4. The van der Waals surface area contributed by atoms with Gasteiger partial charge in [-0.3, -0.25) is 9.59 Å². The number of carbonyl (C=O) groups is 2. The van der Waals surface area contributed by atoms with E-state index in [1.165, 1.54) is 18.3 Å². The molecule has 0 spiro atoms. The molecule has 0 atom stereocenters. The lowest BCUT2D eigenvalue weighted by molar-refractivity contribution is -0.114. The van der Waals surface area contributed by atoms with Gasteiger partial charge in [-0.2, -0.15) is 0 Å². The lowest BCUT2D eigenvalue weighted by Crippen LogP contribution is -2.15. The third kappa shape index (κ3) is 4.04. The highest BCUT2D eigenvalue weighted by Crippen LogP contribution is 2.29. The van der Waals surface area contributed by atoms with Gasteiger partial charge in [-0.1, -0.05) is 11.6 Å². The third-order valence-corrected chi connectivity index (χ3v) is 4.69. The zero-order chi connectivity index (χ0) is 18.7. The number of rotatable bonds is 4. The highest BCUT2D eigenvalue weighted by atomic mass is 35.5. The molecule has 2 N–H and O–H groups in total. The number of hydrogen-bond acceptors (Lipinski definition) is 6. The zero-order valence-corrected chi connectivity index (χ0v) is 15.5. The van der Waals surface area contributed by atoms with Crippen molar-refractivity contribution in [2.24, 2.45) is 0 Å². The van der Waals surface area contributed by atoms with E-state index in [1.807, 2.05) is 0 Å². The summed E-state index contributed by atoms with van der Waals surface area (Å²) in [4.78, 5) is 37.1. The number of carbonyl (C=O) groups excluding carboxylic acids is 2. The fourth-order valence-electron chi connectivity index (χ4n) is 2.21. The largest absolute Gasteiger partial charge is 0.325 e. The summed E-state index contributed by atoms with van der Waals surface area (Å²) in [6.07, 6.45) is 3.23. The number of thiazole rings is 1. The quantitative estimate of drug-likeness (QED) is 0.710.